The molecule has 178 valence electrons. The number of ether oxygens (including phenoxy) is 2. The van der Waals surface area contributed by atoms with Crippen molar-refractivity contribution in [2.24, 2.45) is 4.99 Å². The molecule has 1 saturated heterocycles. The number of benzene rings is 1. The number of nitrogens with zero attached hydrogens (tertiary/aromatic N) is 2. The highest BCUT2D eigenvalue weighted by molar-refractivity contribution is 14.0. The number of aliphatic imine (C=N–C) groups is 1. The second-order valence-corrected chi connectivity index (χ2v) is 8.10. The molecule has 0 amide bonds. The minimum atomic E-state index is -0.868. The fraction of sp³-hybridized carbons (Fsp3) is 0.696. The monoisotopic (exact) mass is 548 g/mol. The fourth-order valence-corrected chi connectivity index (χ4v) is 3.29. The number of nitrogens with one attached hydrogen (secondary N) is 2. The van der Waals surface area contributed by atoms with Gasteiger partial charge in [-0.05, 0) is 44.4 Å². The van der Waals surface area contributed by atoms with E-state index in [0.29, 0.717) is 13.1 Å². The van der Waals surface area contributed by atoms with Gasteiger partial charge in [-0.25, -0.2) is 0 Å². The van der Waals surface area contributed by atoms with Crippen LogP contribution in [0.4, 0.5) is 0 Å². The molecule has 1 aromatic rings. The first-order valence-electron chi connectivity index (χ1n) is 11.3. The number of hydrogen-bond acceptors (Lipinski definition) is 5. The van der Waals surface area contributed by atoms with Crippen LogP contribution in [0.15, 0.2) is 29.3 Å². The maximum absolute atomic E-state index is 10.7. The minimum Gasteiger partial charge on any atom is -0.494 e. The van der Waals surface area contributed by atoms with Gasteiger partial charge in [-0.3, -0.25) is 9.89 Å². The topological polar surface area (TPSA) is 78.3 Å². The summed E-state index contributed by atoms with van der Waals surface area (Å²) < 4.78 is 11.1. The van der Waals surface area contributed by atoms with E-state index < -0.39 is 5.60 Å². The summed E-state index contributed by atoms with van der Waals surface area (Å²) in [5, 5.41) is 17.4. The number of halogens is 1. The quantitative estimate of drug-likeness (QED) is 0.161. The van der Waals surface area contributed by atoms with E-state index in [2.05, 4.69) is 39.6 Å². The van der Waals surface area contributed by atoms with E-state index >= 15 is 0 Å². The molecule has 1 aromatic carbocycles. The van der Waals surface area contributed by atoms with Gasteiger partial charge in [0, 0.05) is 32.7 Å². The molecule has 1 fully saturated rings. The third kappa shape index (κ3) is 11.9. The number of rotatable bonds is 12. The lowest BCUT2D eigenvalue weighted by molar-refractivity contribution is -0.0179. The Hall–Kier alpha value is -1.10. The summed E-state index contributed by atoms with van der Waals surface area (Å²) in [7, 11) is 0. The van der Waals surface area contributed by atoms with Crippen LogP contribution in [-0.4, -0.2) is 80.7 Å². The van der Waals surface area contributed by atoms with E-state index in [1.807, 2.05) is 26.0 Å². The van der Waals surface area contributed by atoms with Crippen LogP contribution < -0.4 is 15.4 Å². The largest absolute Gasteiger partial charge is 0.494 e. The van der Waals surface area contributed by atoms with E-state index in [1.165, 1.54) is 5.56 Å². The first-order chi connectivity index (χ1) is 14.5. The van der Waals surface area contributed by atoms with Crippen LogP contribution in [0.5, 0.6) is 5.75 Å². The standard InChI is InChI=1S/C23H40N4O3.HI/c1-4-6-15-30-21-9-7-20(8-10-21)11-12-25-22(24-5-2)26-18-23(3,28)19-27-13-16-29-17-14-27;/h7-10,28H,4-6,11-19H2,1-3H3,(H2,24,25,26);1H. The number of β-amino-alcohol motifs (C(OH)–C–C–N with tert-alkyl or cyclic N) is 1. The summed E-state index contributed by atoms with van der Waals surface area (Å²) in [5.74, 6) is 1.66. The summed E-state index contributed by atoms with van der Waals surface area (Å²) in [5.41, 5.74) is 0.383. The SMILES string of the molecule is CCCCOc1ccc(CCNC(=NCC(C)(O)CN2CCOCC2)NCC)cc1.I. The van der Waals surface area contributed by atoms with Crippen molar-refractivity contribution in [2.75, 3.05) is 59.1 Å². The highest BCUT2D eigenvalue weighted by Crippen LogP contribution is 2.13. The molecule has 0 aliphatic carbocycles. The molecular weight excluding hydrogens is 507 g/mol. The number of unbranched alkanes of at least 4 members (excludes halogenated alkanes) is 1. The zero-order chi connectivity index (χ0) is 21.7. The van der Waals surface area contributed by atoms with Crippen LogP contribution in [-0.2, 0) is 11.2 Å². The first-order valence-corrected chi connectivity index (χ1v) is 11.3. The Labute approximate surface area is 205 Å². The van der Waals surface area contributed by atoms with Gasteiger partial charge in [-0.1, -0.05) is 25.5 Å². The lowest BCUT2D eigenvalue weighted by Gasteiger charge is -2.33. The molecule has 8 heteroatoms. The van der Waals surface area contributed by atoms with Crippen LogP contribution in [0.25, 0.3) is 0 Å². The van der Waals surface area contributed by atoms with E-state index in [-0.39, 0.29) is 24.0 Å². The maximum Gasteiger partial charge on any atom is 0.191 e. The normalized spacial score (nSPS) is 16.8. The lowest BCUT2D eigenvalue weighted by atomic mass is 10.1. The molecule has 1 aliphatic heterocycles. The number of aliphatic hydroxyl groups is 1. The Morgan fingerprint density at radius 3 is 2.55 bits per heavy atom. The zero-order valence-corrected chi connectivity index (χ0v) is 21.7. The number of hydrogen-bond donors (Lipinski definition) is 3. The maximum atomic E-state index is 10.7. The predicted octanol–water partition coefficient (Wildman–Crippen LogP) is 2.66. The summed E-state index contributed by atoms with van der Waals surface area (Å²) in [6, 6.07) is 8.29. The van der Waals surface area contributed by atoms with Crippen molar-refractivity contribution in [2.45, 2.75) is 45.6 Å². The second-order valence-electron chi connectivity index (χ2n) is 8.10. The van der Waals surface area contributed by atoms with Crippen LogP contribution in [0.2, 0.25) is 0 Å². The molecule has 0 spiro atoms. The highest BCUT2D eigenvalue weighted by atomic mass is 127. The average molecular weight is 549 g/mol. The van der Waals surface area contributed by atoms with Crippen molar-refractivity contribution in [3.63, 3.8) is 0 Å². The molecule has 2 rings (SSSR count). The fourth-order valence-electron chi connectivity index (χ4n) is 3.29. The van der Waals surface area contributed by atoms with Gasteiger partial charge in [0.2, 0.25) is 0 Å². The van der Waals surface area contributed by atoms with Crippen molar-refractivity contribution in [3.8, 4) is 5.75 Å². The molecule has 7 nitrogen and oxygen atoms in total. The molecule has 0 saturated carbocycles. The van der Waals surface area contributed by atoms with Gasteiger partial charge in [-0.15, -0.1) is 24.0 Å². The van der Waals surface area contributed by atoms with Crippen molar-refractivity contribution >= 4 is 29.9 Å². The summed E-state index contributed by atoms with van der Waals surface area (Å²) in [6.07, 6.45) is 3.11. The molecular formula is C23H41IN4O3. The number of morpholine rings is 1. The van der Waals surface area contributed by atoms with Gasteiger partial charge in [0.05, 0.1) is 32.0 Å². The van der Waals surface area contributed by atoms with Crippen LogP contribution >= 0.6 is 24.0 Å². The van der Waals surface area contributed by atoms with Crippen molar-refractivity contribution in [1.29, 1.82) is 0 Å². The van der Waals surface area contributed by atoms with Crippen LogP contribution in [0, 0.1) is 0 Å². The lowest BCUT2D eigenvalue weighted by Crippen LogP contribution is -2.48. The summed E-state index contributed by atoms with van der Waals surface area (Å²) >= 11 is 0. The molecule has 1 unspecified atom stereocenters. The Morgan fingerprint density at radius 2 is 1.90 bits per heavy atom. The first kappa shape index (κ1) is 27.9. The van der Waals surface area contributed by atoms with Gasteiger partial charge in [0.1, 0.15) is 5.75 Å². The third-order valence-electron chi connectivity index (χ3n) is 4.99. The molecule has 3 N–H and O–H groups in total. The van der Waals surface area contributed by atoms with E-state index in [9.17, 15) is 5.11 Å². The third-order valence-corrected chi connectivity index (χ3v) is 4.99. The molecule has 0 aromatic heterocycles. The van der Waals surface area contributed by atoms with E-state index in [4.69, 9.17) is 9.47 Å². The molecule has 31 heavy (non-hydrogen) atoms. The Balaban J connectivity index is 0.00000480. The van der Waals surface area contributed by atoms with Crippen molar-refractivity contribution in [1.82, 2.24) is 15.5 Å². The molecule has 1 heterocycles. The Bertz CT molecular complexity index is 620. The van der Waals surface area contributed by atoms with Gasteiger partial charge in [0.15, 0.2) is 5.96 Å². The molecule has 1 aliphatic rings. The van der Waals surface area contributed by atoms with Crippen molar-refractivity contribution in [3.05, 3.63) is 29.8 Å². The van der Waals surface area contributed by atoms with Gasteiger partial charge in [0.25, 0.3) is 0 Å². The van der Waals surface area contributed by atoms with E-state index in [0.717, 1.165) is 77.0 Å². The molecule has 0 bridgehead atoms. The average Bonchev–Trinajstić information content (AvgIpc) is 2.74. The number of guanidine groups is 1. The molecule has 0 radical (unpaired) electrons. The summed E-state index contributed by atoms with van der Waals surface area (Å²) in [6.45, 7) is 12.5. The predicted molar refractivity (Wildman–Crippen MR) is 138 cm³/mol. The van der Waals surface area contributed by atoms with Gasteiger partial charge >= 0.3 is 0 Å². The van der Waals surface area contributed by atoms with Gasteiger partial charge in [-0.2, -0.15) is 0 Å². The van der Waals surface area contributed by atoms with E-state index in [1.54, 1.807) is 0 Å². The van der Waals surface area contributed by atoms with Crippen LogP contribution in [0.1, 0.15) is 39.2 Å². The zero-order valence-electron chi connectivity index (χ0n) is 19.4. The van der Waals surface area contributed by atoms with Crippen molar-refractivity contribution < 1.29 is 14.6 Å². The highest BCUT2D eigenvalue weighted by Gasteiger charge is 2.25. The van der Waals surface area contributed by atoms with Gasteiger partial charge < -0.3 is 25.2 Å². The second kappa shape index (κ2) is 15.7. The minimum absolute atomic E-state index is 0. The molecule has 1 atom stereocenters. The summed E-state index contributed by atoms with van der Waals surface area (Å²) in [4.78, 5) is 6.84. The Kier molecular flexibility index (Phi) is 14.1. The van der Waals surface area contributed by atoms with Crippen LogP contribution in [0.3, 0.4) is 0 Å². The Morgan fingerprint density at radius 1 is 1.19 bits per heavy atom. The smallest absolute Gasteiger partial charge is 0.191 e.